The molecule has 1 unspecified atom stereocenters. The van der Waals surface area contributed by atoms with Crippen LogP contribution in [0.2, 0.25) is 10.0 Å². The Bertz CT molecular complexity index is 1340. The van der Waals surface area contributed by atoms with Crippen molar-refractivity contribution in [1.29, 1.82) is 0 Å². The number of hydrogen-bond acceptors (Lipinski definition) is 3. The number of fused-ring (bicyclic) bond motifs is 3. The Kier molecular flexibility index (Phi) is 6.60. The van der Waals surface area contributed by atoms with Gasteiger partial charge in [-0.25, -0.2) is 13.3 Å². The zero-order chi connectivity index (χ0) is 23.0. The first kappa shape index (κ1) is 22.8. The third kappa shape index (κ3) is 4.55. The van der Waals surface area contributed by atoms with Gasteiger partial charge in [0.2, 0.25) is 11.3 Å². The van der Waals surface area contributed by atoms with Crippen LogP contribution in [0.4, 0.5) is 4.39 Å². The Morgan fingerprint density at radius 2 is 1.91 bits per heavy atom. The largest absolute Gasteiger partial charge is 0.318 e. The van der Waals surface area contributed by atoms with Gasteiger partial charge < -0.3 is 4.57 Å². The topological polar surface area (TPSA) is 83.7 Å². The van der Waals surface area contributed by atoms with Crippen LogP contribution in [-0.4, -0.2) is 25.6 Å². The van der Waals surface area contributed by atoms with Crippen LogP contribution in [0.25, 0.3) is 11.1 Å². The van der Waals surface area contributed by atoms with Gasteiger partial charge >= 0.3 is 0 Å². The summed E-state index contributed by atoms with van der Waals surface area (Å²) in [4.78, 5) is 17.0. The van der Waals surface area contributed by atoms with E-state index in [9.17, 15) is 13.4 Å². The molecule has 0 saturated carbocycles. The number of pyridine rings is 1. The van der Waals surface area contributed by atoms with Crippen molar-refractivity contribution in [3.63, 3.8) is 0 Å². The number of hydrogen-bond donors (Lipinski definition) is 2. The van der Waals surface area contributed by atoms with E-state index in [0.717, 1.165) is 22.3 Å². The number of nitrogens with zero attached hydrogens (tertiary/aromatic N) is 2. The Labute approximate surface area is 196 Å². The van der Waals surface area contributed by atoms with E-state index < -0.39 is 17.1 Å². The second-order valence-electron chi connectivity index (χ2n) is 7.33. The molecule has 166 valence electrons. The first-order valence-corrected chi connectivity index (χ1v) is 11.5. The predicted molar refractivity (Wildman–Crippen MR) is 125 cm³/mol. The molecule has 0 saturated heterocycles. The van der Waals surface area contributed by atoms with E-state index in [1.54, 1.807) is 31.4 Å². The summed E-state index contributed by atoms with van der Waals surface area (Å²) in [5, 5.41) is 0.666. The van der Waals surface area contributed by atoms with E-state index in [1.165, 1.54) is 16.7 Å². The van der Waals surface area contributed by atoms with E-state index >= 15 is 0 Å². The average Bonchev–Trinajstić information content (AvgIpc) is 2.86. The SMILES string of the molecule is Cn1cc2c(cc1=O)CN=C(c1ccc(F)cc1Cl)c1cc(Cl)c(CCNS(=O)O)cc1-2. The van der Waals surface area contributed by atoms with Crippen LogP contribution >= 0.6 is 23.2 Å². The molecule has 32 heavy (non-hydrogen) atoms. The molecule has 0 fully saturated rings. The number of aryl methyl sites for hydroxylation is 1. The summed E-state index contributed by atoms with van der Waals surface area (Å²) in [6, 6.07) is 9.31. The molecule has 1 atom stereocenters. The van der Waals surface area contributed by atoms with Crippen molar-refractivity contribution < 1.29 is 13.2 Å². The molecule has 2 heterocycles. The number of aromatic nitrogens is 1. The maximum absolute atomic E-state index is 13.7. The van der Waals surface area contributed by atoms with Crippen LogP contribution in [0.15, 0.2) is 52.4 Å². The number of benzene rings is 2. The maximum atomic E-state index is 13.7. The summed E-state index contributed by atoms with van der Waals surface area (Å²) in [7, 11) is 1.67. The van der Waals surface area contributed by atoms with E-state index in [4.69, 9.17) is 32.7 Å². The second kappa shape index (κ2) is 9.25. The molecule has 3 aromatic rings. The van der Waals surface area contributed by atoms with Crippen molar-refractivity contribution >= 4 is 40.2 Å². The van der Waals surface area contributed by atoms with Crippen molar-refractivity contribution in [3.05, 3.63) is 91.1 Å². The van der Waals surface area contributed by atoms with Gasteiger partial charge in [0.15, 0.2) is 0 Å². The van der Waals surface area contributed by atoms with Crippen LogP contribution in [-0.2, 0) is 31.3 Å². The van der Waals surface area contributed by atoms with Gasteiger partial charge in [-0.1, -0.05) is 23.2 Å². The minimum atomic E-state index is -2.12. The van der Waals surface area contributed by atoms with Crippen molar-refractivity contribution in [2.24, 2.45) is 12.0 Å². The molecule has 6 nitrogen and oxygen atoms in total. The number of nitrogens with one attached hydrogen (secondary N) is 1. The van der Waals surface area contributed by atoms with Crippen LogP contribution in [0, 0.1) is 5.82 Å². The van der Waals surface area contributed by atoms with Crippen LogP contribution in [0.3, 0.4) is 0 Å². The molecule has 0 radical (unpaired) electrons. The smallest absolute Gasteiger partial charge is 0.250 e. The molecule has 4 rings (SSSR count). The fourth-order valence-corrected chi connectivity index (χ4v) is 4.50. The molecule has 2 N–H and O–H groups in total. The Morgan fingerprint density at radius 3 is 2.62 bits per heavy atom. The lowest BCUT2D eigenvalue weighted by Gasteiger charge is -2.16. The Morgan fingerprint density at radius 1 is 1.12 bits per heavy atom. The summed E-state index contributed by atoms with van der Waals surface area (Å²) < 4.78 is 37.5. The quantitative estimate of drug-likeness (QED) is 0.524. The van der Waals surface area contributed by atoms with Gasteiger partial charge in [-0.2, -0.15) is 0 Å². The Balaban J connectivity index is 1.93. The summed E-state index contributed by atoms with van der Waals surface area (Å²) in [6.45, 7) is 0.480. The molecule has 1 aliphatic heterocycles. The standard InChI is InChI=1S/C22H18Cl2FN3O3S/c1-28-11-18-13(7-21(28)29)10-26-22(15-3-2-14(25)8-20(15)24)17-9-19(23)12(6-16(17)18)4-5-27-32(30)31/h2-3,6-9,11,27H,4-5,10H2,1H3,(H,30,31). The minimum absolute atomic E-state index is 0.160. The summed E-state index contributed by atoms with van der Waals surface area (Å²) in [6.07, 6.45) is 2.16. The van der Waals surface area contributed by atoms with Gasteiger partial charge in [-0.15, -0.1) is 0 Å². The number of aliphatic imine (C=N–C) groups is 1. The summed E-state index contributed by atoms with van der Waals surface area (Å²) in [5.74, 6) is -0.457. The average molecular weight is 494 g/mol. The van der Waals surface area contributed by atoms with Gasteiger partial charge in [-0.3, -0.25) is 14.3 Å². The highest BCUT2D eigenvalue weighted by Crippen LogP contribution is 2.36. The lowest BCUT2D eigenvalue weighted by Crippen LogP contribution is -2.19. The van der Waals surface area contributed by atoms with E-state index in [1.807, 2.05) is 6.07 Å². The molecule has 10 heteroatoms. The van der Waals surface area contributed by atoms with E-state index in [2.05, 4.69) is 4.72 Å². The van der Waals surface area contributed by atoms with Crippen molar-refractivity contribution in [1.82, 2.24) is 9.29 Å². The highest BCUT2D eigenvalue weighted by molar-refractivity contribution is 7.77. The zero-order valence-corrected chi connectivity index (χ0v) is 19.2. The summed E-state index contributed by atoms with van der Waals surface area (Å²) in [5.41, 5.74) is 4.73. The third-order valence-corrected chi connectivity index (χ3v) is 6.38. The maximum Gasteiger partial charge on any atom is 0.250 e. The van der Waals surface area contributed by atoms with Crippen LogP contribution in [0.1, 0.15) is 22.3 Å². The van der Waals surface area contributed by atoms with Gasteiger partial charge in [-0.05, 0) is 53.4 Å². The van der Waals surface area contributed by atoms with Crippen molar-refractivity contribution in [2.45, 2.75) is 13.0 Å². The van der Waals surface area contributed by atoms with Crippen molar-refractivity contribution in [2.75, 3.05) is 6.54 Å². The van der Waals surface area contributed by atoms with Crippen LogP contribution in [0.5, 0.6) is 0 Å². The highest BCUT2D eigenvalue weighted by atomic mass is 35.5. The lowest BCUT2D eigenvalue weighted by atomic mass is 9.91. The molecule has 0 aliphatic carbocycles. The molecular weight excluding hydrogens is 476 g/mol. The molecule has 0 spiro atoms. The third-order valence-electron chi connectivity index (χ3n) is 5.26. The predicted octanol–water partition coefficient (Wildman–Crippen LogP) is 4.12. The first-order chi connectivity index (χ1) is 15.2. The van der Waals surface area contributed by atoms with Gasteiger partial charge in [0.05, 0.1) is 17.3 Å². The molecule has 1 aromatic heterocycles. The van der Waals surface area contributed by atoms with Crippen LogP contribution < -0.4 is 10.3 Å². The second-order valence-corrected chi connectivity index (χ2v) is 8.93. The minimum Gasteiger partial charge on any atom is -0.318 e. The van der Waals surface area contributed by atoms with E-state index in [-0.39, 0.29) is 23.7 Å². The highest BCUT2D eigenvalue weighted by Gasteiger charge is 2.23. The molecular formula is C22H18Cl2FN3O3S. The molecule has 2 aromatic carbocycles. The summed E-state index contributed by atoms with van der Waals surface area (Å²) >= 11 is 10.8. The monoisotopic (exact) mass is 493 g/mol. The molecule has 0 bridgehead atoms. The lowest BCUT2D eigenvalue weighted by molar-refractivity contribution is 0.549. The first-order valence-electron chi connectivity index (χ1n) is 9.61. The molecule has 0 amide bonds. The van der Waals surface area contributed by atoms with Gasteiger partial charge in [0.25, 0.3) is 5.56 Å². The fraction of sp³-hybridized carbons (Fsp3) is 0.182. The Hall–Kier alpha value is -2.36. The van der Waals surface area contributed by atoms with Crippen molar-refractivity contribution in [3.8, 4) is 11.1 Å². The number of rotatable bonds is 5. The zero-order valence-electron chi connectivity index (χ0n) is 16.9. The fourth-order valence-electron chi connectivity index (χ4n) is 3.70. The van der Waals surface area contributed by atoms with Gasteiger partial charge in [0.1, 0.15) is 5.82 Å². The normalized spacial score (nSPS) is 13.7. The van der Waals surface area contributed by atoms with E-state index in [0.29, 0.717) is 28.3 Å². The number of halogens is 3. The molecule has 1 aliphatic rings. The van der Waals surface area contributed by atoms with Gasteiger partial charge in [0, 0.05) is 47.6 Å².